The average Bonchev–Trinajstić information content (AvgIpc) is 2.84. The third-order valence-electron chi connectivity index (χ3n) is 2.01. The molecule has 2 rings (SSSR count). The predicted octanol–water partition coefficient (Wildman–Crippen LogP) is 0.859. The van der Waals surface area contributed by atoms with Gasteiger partial charge in [0.05, 0.1) is 6.61 Å². The van der Waals surface area contributed by atoms with E-state index in [1.54, 1.807) is 6.92 Å². The molecule has 0 atom stereocenters. The Kier molecular flexibility index (Phi) is 2.00. The molecule has 13 heavy (non-hydrogen) atoms. The lowest BCUT2D eigenvalue weighted by Crippen LogP contribution is -2.07. The number of aromatic amines is 1. The minimum absolute atomic E-state index is 0.351. The van der Waals surface area contributed by atoms with E-state index in [0.29, 0.717) is 18.2 Å². The van der Waals surface area contributed by atoms with Crippen LogP contribution in [0.5, 0.6) is 0 Å². The summed E-state index contributed by atoms with van der Waals surface area (Å²) in [6, 6.07) is 0. The number of rotatable bonds is 3. The maximum atomic E-state index is 11.3. The second-order valence-electron chi connectivity index (χ2n) is 3.05. The fraction of sp³-hybridized carbons (Fsp3) is 0.625. The predicted molar refractivity (Wildman–Crippen MR) is 44.3 cm³/mol. The van der Waals surface area contributed by atoms with Crippen molar-refractivity contribution in [2.45, 2.75) is 25.7 Å². The molecular weight excluding hydrogens is 170 g/mol. The van der Waals surface area contributed by atoms with E-state index in [4.69, 9.17) is 4.74 Å². The number of aromatic nitrogens is 3. The number of hydrogen-bond acceptors (Lipinski definition) is 4. The summed E-state index contributed by atoms with van der Waals surface area (Å²) in [6.45, 7) is 2.14. The van der Waals surface area contributed by atoms with Crippen molar-refractivity contribution in [2.24, 2.45) is 0 Å². The third-order valence-corrected chi connectivity index (χ3v) is 2.01. The summed E-state index contributed by atoms with van der Waals surface area (Å²) < 4.78 is 4.84. The van der Waals surface area contributed by atoms with Crippen LogP contribution in [0, 0.1) is 0 Å². The first kappa shape index (κ1) is 8.22. The van der Waals surface area contributed by atoms with Gasteiger partial charge >= 0.3 is 5.97 Å². The number of carbonyl (C=O) groups is 1. The van der Waals surface area contributed by atoms with Crippen LogP contribution in [0.15, 0.2) is 0 Å². The van der Waals surface area contributed by atoms with Gasteiger partial charge < -0.3 is 4.74 Å². The molecule has 1 aliphatic rings. The Labute approximate surface area is 75.5 Å². The van der Waals surface area contributed by atoms with E-state index in [-0.39, 0.29) is 5.97 Å². The molecule has 1 N–H and O–H groups in total. The van der Waals surface area contributed by atoms with Crippen molar-refractivity contribution in [1.82, 2.24) is 15.4 Å². The van der Waals surface area contributed by atoms with E-state index in [1.807, 2.05) is 0 Å². The van der Waals surface area contributed by atoms with E-state index in [2.05, 4.69) is 15.4 Å². The minimum Gasteiger partial charge on any atom is -0.461 e. The summed E-state index contributed by atoms with van der Waals surface area (Å²) in [5, 5.41) is 10.2. The van der Waals surface area contributed by atoms with E-state index < -0.39 is 0 Å². The summed E-state index contributed by atoms with van der Waals surface area (Å²) in [5.74, 6) is 0.0382. The fourth-order valence-corrected chi connectivity index (χ4v) is 1.23. The van der Waals surface area contributed by atoms with Crippen molar-refractivity contribution >= 4 is 5.97 Å². The highest BCUT2D eigenvalue weighted by molar-refractivity contribution is 5.88. The second-order valence-corrected chi connectivity index (χ2v) is 3.05. The van der Waals surface area contributed by atoms with Gasteiger partial charge in [0.15, 0.2) is 5.69 Å². The lowest BCUT2D eigenvalue weighted by Gasteiger charge is -1.98. The number of nitrogens with zero attached hydrogens (tertiary/aromatic N) is 2. The molecular formula is C8H11N3O2. The van der Waals surface area contributed by atoms with E-state index in [0.717, 1.165) is 18.5 Å². The van der Waals surface area contributed by atoms with Crippen LogP contribution in [0.25, 0.3) is 0 Å². The molecule has 1 fully saturated rings. The average molecular weight is 181 g/mol. The molecule has 1 aromatic rings. The van der Waals surface area contributed by atoms with Crippen molar-refractivity contribution in [1.29, 1.82) is 0 Å². The Hall–Kier alpha value is -1.39. The molecule has 70 valence electrons. The number of carbonyl (C=O) groups excluding carboxylic acids is 1. The summed E-state index contributed by atoms with van der Waals surface area (Å²) in [4.78, 5) is 11.3. The molecule has 0 spiro atoms. The van der Waals surface area contributed by atoms with Crippen molar-refractivity contribution in [3.8, 4) is 0 Å². The molecule has 5 heteroatoms. The summed E-state index contributed by atoms with van der Waals surface area (Å²) in [6.07, 6.45) is 2.19. The molecule has 0 bridgehead atoms. The van der Waals surface area contributed by atoms with Crippen molar-refractivity contribution in [3.63, 3.8) is 0 Å². The van der Waals surface area contributed by atoms with Gasteiger partial charge in [-0.2, -0.15) is 10.3 Å². The zero-order chi connectivity index (χ0) is 9.26. The van der Waals surface area contributed by atoms with Crippen LogP contribution in [0.3, 0.4) is 0 Å². The number of ether oxygens (including phenoxy) is 1. The van der Waals surface area contributed by atoms with Crippen molar-refractivity contribution < 1.29 is 9.53 Å². The molecule has 1 saturated carbocycles. The van der Waals surface area contributed by atoms with Crippen LogP contribution in [-0.4, -0.2) is 28.0 Å². The lowest BCUT2D eigenvalue weighted by molar-refractivity contribution is 0.0518. The Balaban J connectivity index is 2.18. The van der Waals surface area contributed by atoms with Crippen molar-refractivity contribution in [3.05, 3.63) is 11.4 Å². The highest BCUT2D eigenvalue weighted by atomic mass is 16.5. The normalized spacial score (nSPS) is 15.8. The molecule has 0 unspecified atom stereocenters. The molecule has 1 heterocycles. The van der Waals surface area contributed by atoms with Gasteiger partial charge in [0.2, 0.25) is 0 Å². The Morgan fingerprint density at radius 2 is 2.38 bits per heavy atom. The van der Waals surface area contributed by atoms with Crippen LogP contribution in [-0.2, 0) is 4.74 Å². The molecule has 1 aromatic heterocycles. The van der Waals surface area contributed by atoms with Crippen LogP contribution in [0.1, 0.15) is 41.9 Å². The minimum atomic E-state index is -0.377. The quantitative estimate of drug-likeness (QED) is 0.702. The fourth-order valence-electron chi connectivity index (χ4n) is 1.23. The molecule has 0 radical (unpaired) electrons. The van der Waals surface area contributed by atoms with Crippen LogP contribution in [0.4, 0.5) is 0 Å². The zero-order valence-electron chi connectivity index (χ0n) is 7.41. The zero-order valence-corrected chi connectivity index (χ0v) is 7.41. The van der Waals surface area contributed by atoms with Crippen molar-refractivity contribution in [2.75, 3.05) is 6.61 Å². The Morgan fingerprint density at radius 3 is 3.00 bits per heavy atom. The number of H-pyrrole nitrogens is 1. The number of esters is 1. The van der Waals surface area contributed by atoms with Crippen LogP contribution >= 0.6 is 0 Å². The first-order valence-corrected chi connectivity index (χ1v) is 4.40. The van der Waals surface area contributed by atoms with E-state index >= 15 is 0 Å². The van der Waals surface area contributed by atoms with Gasteiger partial charge in [0, 0.05) is 5.92 Å². The molecule has 0 saturated heterocycles. The highest BCUT2D eigenvalue weighted by Crippen LogP contribution is 2.39. The molecule has 0 aromatic carbocycles. The van der Waals surface area contributed by atoms with Gasteiger partial charge in [-0.1, -0.05) is 0 Å². The summed E-state index contributed by atoms with van der Waals surface area (Å²) in [7, 11) is 0. The van der Waals surface area contributed by atoms with Gasteiger partial charge in [-0.25, -0.2) is 4.79 Å². The van der Waals surface area contributed by atoms with E-state index in [9.17, 15) is 4.79 Å². The second kappa shape index (κ2) is 3.16. The van der Waals surface area contributed by atoms with Gasteiger partial charge in [-0.3, -0.25) is 0 Å². The molecule has 1 aliphatic carbocycles. The molecule has 0 amide bonds. The lowest BCUT2D eigenvalue weighted by atomic mass is 10.2. The Morgan fingerprint density at radius 1 is 1.62 bits per heavy atom. The number of nitrogens with one attached hydrogen (secondary N) is 1. The Bertz CT molecular complexity index is 317. The van der Waals surface area contributed by atoms with Gasteiger partial charge in [-0.15, -0.1) is 5.10 Å². The monoisotopic (exact) mass is 181 g/mol. The smallest absolute Gasteiger partial charge is 0.360 e. The van der Waals surface area contributed by atoms with Gasteiger partial charge in [0.25, 0.3) is 0 Å². The number of hydrogen-bond donors (Lipinski definition) is 1. The molecule has 0 aliphatic heterocycles. The third kappa shape index (κ3) is 1.54. The first-order valence-electron chi connectivity index (χ1n) is 4.40. The van der Waals surface area contributed by atoms with E-state index in [1.165, 1.54) is 0 Å². The largest absolute Gasteiger partial charge is 0.461 e. The van der Waals surface area contributed by atoms with Gasteiger partial charge in [-0.05, 0) is 19.8 Å². The standard InChI is InChI=1S/C8H11N3O2/c1-2-13-8(12)7-6(5-3-4-5)9-11-10-7/h5H,2-4H2,1H3,(H,9,10,11). The maximum Gasteiger partial charge on any atom is 0.360 e. The first-order chi connectivity index (χ1) is 6.33. The van der Waals surface area contributed by atoms with Crippen LogP contribution in [0.2, 0.25) is 0 Å². The van der Waals surface area contributed by atoms with Gasteiger partial charge in [0.1, 0.15) is 5.69 Å². The topological polar surface area (TPSA) is 67.9 Å². The van der Waals surface area contributed by atoms with Crippen LogP contribution < -0.4 is 0 Å². The summed E-state index contributed by atoms with van der Waals surface area (Å²) >= 11 is 0. The molecule has 5 nitrogen and oxygen atoms in total. The highest BCUT2D eigenvalue weighted by Gasteiger charge is 2.32. The summed E-state index contributed by atoms with van der Waals surface area (Å²) in [5.41, 5.74) is 1.11. The SMILES string of the molecule is CCOC(=O)c1n[nH]nc1C1CC1. The maximum absolute atomic E-state index is 11.3.